The van der Waals surface area contributed by atoms with Gasteiger partial charge in [0.2, 0.25) is 17.7 Å². The van der Waals surface area contributed by atoms with Crippen LogP contribution in [0.3, 0.4) is 0 Å². The van der Waals surface area contributed by atoms with Gasteiger partial charge in [-0.1, -0.05) is 31.0 Å². The maximum Gasteiger partial charge on any atom is 0.234 e. The number of methoxy groups -OCH3 is 1. The van der Waals surface area contributed by atoms with Gasteiger partial charge in [0.15, 0.2) is 0 Å². The average Bonchev–Trinajstić information content (AvgIpc) is 3.61. The van der Waals surface area contributed by atoms with Gasteiger partial charge in [-0.2, -0.15) is 0 Å². The van der Waals surface area contributed by atoms with Crippen molar-refractivity contribution in [1.29, 1.82) is 0 Å². The highest BCUT2D eigenvalue weighted by atomic mass is 16.5. The van der Waals surface area contributed by atoms with Crippen LogP contribution in [0.5, 0.6) is 5.88 Å². The Morgan fingerprint density at radius 3 is 2.77 bits per heavy atom. The standard InChI is InChI=1S/C29H41N7O3/c1-30-26(37)13-7-5-6-12-24(32-27(38)19-36-15-14-21(18-36)35(2)3)28-31-17-25(33-28)22-16-20-10-8-9-11-23(20)34-29(22)39-4/h8-11,16-17,21,24H,5-7,12-15,18-19H2,1-4H3,(H,30,37)(H,31,33)(H,32,38)/t21?,24-/m0/s1. The summed E-state index contributed by atoms with van der Waals surface area (Å²) in [6.45, 7) is 2.18. The number of hydrogen-bond acceptors (Lipinski definition) is 7. The van der Waals surface area contributed by atoms with Crippen LogP contribution in [-0.4, -0.2) is 90.5 Å². The molecule has 1 aliphatic rings. The molecule has 2 amide bonds. The molecule has 1 saturated heterocycles. The van der Waals surface area contributed by atoms with Crippen LogP contribution in [0.2, 0.25) is 0 Å². The Kier molecular flexibility index (Phi) is 9.89. The Morgan fingerprint density at radius 1 is 1.21 bits per heavy atom. The van der Waals surface area contributed by atoms with Gasteiger partial charge in [-0.25, -0.2) is 9.97 Å². The lowest BCUT2D eigenvalue weighted by atomic mass is 10.1. The van der Waals surface area contributed by atoms with Crippen molar-refractivity contribution in [2.24, 2.45) is 0 Å². The minimum Gasteiger partial charge on any atom is -0.480 e. The van der Waals surface area contributed by atoms with Crippen LogP contribution in [0, 0.1) is 0 Å². The van der Waals surface area contributed by atoms with Crippen LogP contribution in [0.25, 0.3) is 22.2 Å². The normalized spacial score (nSPS) is 16.5. The second kappa shape index (κ2) is 13.5. The number of rotatable bonds is 13. The monoisotopic (exact) mass is 535 g/mol. The highest BCUT2D eigenvalue weighted by Crippen LogP contribution is 2.31. The Labute approximate surface area is 230 Å². The predicted molar refractivity (Wildman–Crippen MR) is 152 cm³/mol. The fourth-order valence-electron chi connectivity index (χ4n) is 5.13. The predicted octanol–water partition coefficient (Wildman–Crippen LogP) is 3.12. The summed E-state index contributed by atoms with van der Waals surface area (Å²) in [5.74, 6) is 1.26. The summed E-state index contributed by atoms with van der Waals surface area (Å²) in [4.78, 5) is 41.9. The fraction of sp³-hybridized carbons (Fsp3) is 0.517. The fourth-order valence-corrected chi connectivity index (χ4v) is 5.13. The SMILES string of the molecule is CNC(=O)CCCCC[C@H](NC(=O)CN1CCC(N(C)C)C1)c1ncc(-c2cc3ccccc3nc2OC)[nH]1. The topological polar surface area (TPSA) is 115 Å². The molecule has 0 aliphatic carbocycles. The van der Waals surface area contributed by atoms with Crippen molar-refractivity contribution in [3.63, 3.8) is 0 Å². The number of fused-ring (bicyclic) bond motifs is 1. The quantitative estimate of drug-likeness (QED) is 0.288. The number of aromatic nitrogens is 3. The van der Waals surface area contributed by atoms with Gasteiger partial charge in [-0.15, -0.1) is 0 Å². The maximum absolute atomic E-state index is 13.1. The second-order valence-corrected chi connectivity index (χ2v) is 10.5. The lowest BCUT2D eigenvalue weighted by Crippen LogP contribution is -2.39. The summed E-state index contributed by atoms with van der Waals surface area (Å²) in [5, 5.41) is 6.90. The van der Waals surface area contributed by atoms with E-state index in [9.17, 15) is 9.59 Å². The van der Waals surface area contributed by atoms with Crippen molar-refractivity contribution in [3.8, 4) is 17.1 Å². The Morgan fingerprint density at radius 2 is 2.03 bits per heavy atom. The summed E-state index contributed by atoms with van der Waals surface area (Å²) >= 11 is 0. The zero-order chi connectivity index (χ0) is 27.8. The number of nitrogens with one attached hydrogen (secondary N) is 3. The van der Waals surface area contributed by atoms with Gasteiger partial charge in [-0.3, -0.25) is 14.5 Å². The number of pyridine rings is 1. The van der Waals surface area contributed by atoms with Crippen molar-refractivity contribution >= 4 is 22.7 Å². The van der Waals surface area contributed by atoms with Gasteiger partial charge in [0.05, 0.1) is 42.7 Å². The number of imidazole rings is 1. The molecule has 3 N–H and O–H groups in total. The lowest BCUT2D eigenvalue weighted by Gasteiger charge is -2.22. The third-order valence-corrected chi connectivity index (χ3v) is 7.45. The number of nitrogens with zero attached hydrogens (tertiary/aromatic N) is 4. The number of H-pyrrole nitrogens is 1. The maximum atomic E-state index is 13.1. The number of unbranched alkanes of at least 4 members (excludes halogenated alkanes) is 2. The molecule has 1 aliphatic heterocycles. The molecule has 39 heavy (non-hydrogen) atoms. The van der Waals surface area contributed by atoms with E-state index in [-0.39, 0.29) is 17.9 Å². The van der Waals surface area contributed by atoms with Crippen LogP contribution in [-0.2, 0) is 9.59 Å². The van der Waals surface area contributed by atoms with Gasteiger partial charge >= 0.3 is 0 Å². The summed E-state index contributed by atoms with van der Waals surface area (Å²) in [6, 6.07) is 10.2. The molecule has 0 spiro atoms. The van der Waals surface area contributed by atoms with E-state index < -0.39 is 0 Å². The van der Waals surface area contributed by atoms with Crippen molar-refractivity contribution < 1.29 is 14.3 Å². The summed E-state index contributed by atoms with van der Waals surface area (Å²) in [7, 11) is 7.44. The molecule has 4 rings (SSSR count). The number of para-hydroxylation sites is 1. The molecule has 10 nitrogen and oxygen atoms in total. The molecule has 210 valence electrons. The van der Waals surface area contributed by atoms with Crippen LogP contribution in [0.15, 0.2) is 36.5 Å². The molecule has 2 aromatic heterocycles. The number of likely N-dealkylation sites (N-methyl/N-ethyl adjacent to an activating group) is 1. The average molecular weight is 536 g/mol. The van der Waals surface area contributed by atoms with Gasteiger partial charge < -0.3 is 25.3 Å². The molecular formula is C29H41N7O3. The summed E-state index contributed by atoms with van der Waals surface area (Å²) < 4.78 is 5.59. The first-order chi connectivity index (χ1) is 18.9. The van der Waals surface area contributed by atoms with Crippen molar-refractivity contribution in [1.82, 2.24) is 35.4 Å². The number of hydrogen-bond donors (Lipinski definition) is 3. The van der Waals surface area contributed by atoms with Crippen molar-refractivity contribution in [3.05, 3.63) is 42.4 Å². The molecule has 0 radical (unpaired) electrons. The molecule has 10 heteroatoms. The molecule has 2 atom stereocenters. The van der Waals surface area contributed by atoms with Gasteiger partial charge in [0.1, 0.15) is 5.82 Å². The Bertz CT molecular complexity index is 1260. The molecule has 1 fully saturated rings. The van der Waals surface area contributed by atoms with Crippen molar-refractivity contribution in [2.45, 2.75) is 50.6 Å². The second-order valence-electron chi connectivity index (χ2n) is 10.5. The first-order valence-electron chi connectivity index (χ1n) is 13.8. The molecule has 1 aromatic carbocycles. The van der Waals surface area contributed by atoms with Gasteiger partial charge in [0.25, 0.3) is 0 Å². The highest BCUT2D eigenvalue weighted by Gasteiger charge is 2.27. The van der Waals surface area contributed by atoms with Crippen LogP contribution in [0.4, 0.5) is 0 Å². The van der Waals surface area contributed by atoms with Crippen LogP contribution in [0.1, 0.15) is 50.4 Å². The Balaban J connectivity index is 1.48. The van der Waals surface area contributed by atoms with E-state index in [1.165, 1.54) is 0 Å². The zero-order valence-electron chi connectivity index (χ0n) is 23.5. The largest absolute Gasteiger partial charge is 0.480 e. The van der Waals surface area contributed by atoms with Crippen LogP contribution >= 0.6 is 0 Å². The number of aromatic amines is 1. The molecule has 3 aromatic rings. The van der Waals surface area contributed by atoms with Crippen LogP contribution < -0.4 is 15.4 Å². The summed E-state index contributed by atoms with van der Waals surface area (Å²) in [6.07, 6.45) is 6.64. The third-order valence-electron chi connectivity index (χ3n) is 7.45. The van der Waals surface area contributed by atoms with E-state index in [1.807, 2.05) is 30.3 Å². The number of carbonyl (C=O) groups is 2. The lowest BCUT2D eigenvalue weighted by molar-refractivity contribution is -0.123. The van der Waals surface area contributed by atoms with E-state index in [4.69, 9.17) is 4.74 Å². The molecular weight excluding hydrogens is 494 g/mol. The Hall–Kier alpha value is -3.50. The van der Waals surface area contributed by atoms with E-state index in [2.05, 4.69) is 49.5 Å². The van der Waals surface area contributed by atoms with Gasteiger partial charge in [0, 0.05) is 38.0 Å². The number of likely N-dealkylation sites (tertiary alicyclic amines) is 1. The summed E-state index contributed by atoms with van der Waals surface area (Å²) in [5.41, 5.74) is 2.46. The number of ether oxygens (including phenoxy) is 1. The minimum atomic E-state index is -0.266. The smallest absolute Gasteiger partial charge is 0.234 e. The van der Waals surface area contributed by atoms with E-state index in [0.29, 0.717) is 30.7 Å². The highest BCUT2D eigenvalue weighted by molar-refractivity contribution is 5.85. The number of amides is 2. The third kappa shape index (κ3) is 7.54. The molecule has 1 unspecified atom stereocenters. The van der Waals surface area contributed by atoms with Crippen molar-refractivity contribution in [2.75, 3.05) is 47.9 Å². The number of benzene rings is 1. The number of carbonyl (C=O) groups excluding carboxylic acids is 2. The van der Waals surface area contributed by atoms with Gasteiger partial charge in [-0.05, 0) is 45.5 Å². The first-order valence-corrected chi connectivity index (χ1v) is 13.8. The zero-order valence-corrected chi connectivity index (χ0v) is 23.5. The first kappa shape index (κ1) is 28.5. The minimum absolute atomic E-state index is 0.00679. The molecule has 0 saturated carbocycles. The molecule has 3 heterocycles. The van der Waals surface area contributed by atoms with E-state index >= 15 is 0 Å². The van der Waals surface area contributed by atoms with E-state index in [0.717, 1.165) is 67.4 Å². The van der Waals surface area contributed by atoms with E-state index in [1.54, 1.807) is 20.4 Å². The molecule has 0 bridgehead atoms.